The second kappa shape index (κ2) is 14.0. The number of methoxy groups -OCH3 is 1. The molecule has 0 bridgehead atoms. The third kappa shape index (κ3) is 9.03. The summed E-state index contributed by atoms with van der Waals surface area (Å²) in [6.45, 7) is 7.22. The number of aliphatic carboxylic acids is 1. The summed E-state index contributed by atoms with van der Waals surface area (Å²) in [5.41, 5.74) is 5.04. The van der Waals surface area contributed by atoms with Gasteiger partial charge in [0.25, 0.3) is 6.47 Å². The van der Waals surface area contributed by atoms with Crippen LogP contribution in [0.1, 0.15) is 37.8 Å². The van der Waals surface area contributed by atoms with E-state index in [4.69, 9.17) is 14.6 Å². The van der Waals surface area contributed by atoms with Gasteiger partial charge >= 0.3 is 5.97 Å². The maximum absolute atomic E-state index is 10.4. The number of benzene rings is 2. The van der Waals surface area contributed by atoms with Crippen LogP contribution in [0.3, 0.4) is 0 Å². The largest absolute Gasteiger partial charge is 0.480 e. The van der Waals surface area contributed by atoms with Gasteiger partial charge in [-0.1, -0.05) is 48.5 Å². The quantitative estimate of drug-likeness (QED) is 0.521. The Morgan fingerprint density at radius 2 is 1.55 bits per heavy atom. The first-order valence-electron chi connectivity index (χ1n) is 10.6. The maximum atomic E-state index is 10.4. The fraction of sp³-hybridized carbons (Fsp3) is 0.400. The number of amides is 1. The van der Waals surface area contributed by atoms with Crippen molar-refractivity contribution in [1.29, 1.82) is 0 Å². The monoisotopic (exact) mass is 458 g/mol. The van der Waals surface area contributed by atoms with Crippen LogP contribution >= 0.6 is 0 Å². The predicted molar refractivity (Wildman–Crippen MR) is 127 cm³/mol. The van der Waals surface area contributed by atoms with Gasteiger partial charge in [0, 0.05) is 19.6 Å². The minimum atomic E-state index is -1.04. The second-order valence-corrected chi connectivity index (χ2v) is 8.21. The van der Waals surface area contributed by atoms with Crippen molar-refractivity contribution >= 4 is 18.9 Å². The summed E-state index contributed by atoms with van der Waals surface area (Å²) in [5, 5.41) is 13.1. The van der Waals surface area contributed by atoms with Gasteiger partial charge < -0.3 is 25.2 Å². The Balaban J connectivity index is 0.000000291. The molecule has 1 atom stereocenters. The van der Waals surface area contributed by atoms with E-state index in [9.17, 15) is 14.4 Å². The smallest absolute Gasteiger partial charge is 0.327 e. The molecule has 0 fully saturated rings. The zero-order valence-electron chi connectivity index (χ0n) is 19.8. The molecule has 180 valence electrons. The number of carboxylic acid groups (broad SMARTS) is 1. The second-order valence-electron chi connectivity index (χ2n) is 8.21. The summed E-state index contributed by atoms with van der Waals surface area (Å²) < 4.78 is 9.89. The number of rotatable bonds is 8. The van der Waals surface area contributed by atoms with E-state index in [2.05, 4.69) is 34.9 Å². The number of hydrogen-bond donors (Lipinski definition) is 3. The molecule has 2 aromatic rings. The van der Waals surface area contributed by atoms with Crippen molar-refractivity contribution in [2.45, 2.75) is 38.3 Å². The first-order chi connectivity index (χ1) is 15.7. The fourth-order valence-electron chi connectivity index (χ4n) is 3.08. The lowest BCUT2D eigenvalue weighted by Gasteiger charge is -2.14. The van der Waals surface area contributed by atoms with E-state index < -0.39 is 12.0 Å². The van der Waals surface area contributed by atoms with Crippen molar-refractivity contribution < 1.29 is 29.0 Å². The van der Waals surface area contributed by atoms with E-state index in [1.165, 1.54) is 22.3 Å². The first kappa shape index (κ1) is 27.8. The van der Waals surface area contributed by atoms with Crippen LogP contribution in [-0.4, -0.2) is 62.9 Å². The molecule has 3 rings (SSSR count). The van der Waals surface area contributed by atoms with Gasteiger partial charge in [-0.05, 0) is 50.1 Å². The van der Waals surface area contributed by atoms with Crippen LogP contribution in [0, 0.1) is 0 Å². The fourth-order valence-corrected chi connectivity index (χ4v) is 3.08. The Labute approximate surface area is 195 Å². The average Bonchev–Trinajstić information content (AvgIpc) is 3.11. The summed E-state index contributed by atoms with van der Waals surface area (Å²) >= 11 is 0. The van der Waals surface area contributed by atoms with Gasteiger partial charge in [0.2, 0.25) is 6.41 Å². The van der Waals surface area contributed by atoms with E-state index >= 15 is 0 Å². The van der Waals surface area contributed by atoms with Gasteiger partial charge in [0.05, 0.1) is 5.60 Å². The molecule has 0 aromatic heterocycles. The number of ether oxygens (including phenoxy) is 2. The van der Waals surface area contributed by atoms with Gasteiger partial charge in [-0.2, -0.15) is 0 Å². The molecular weight excluding hydrogens is 424 g/mol. The zero-order chi connectivity index (χ0) is 24.9. The lowest BCUT2D eigenvalue weighted by Crippen LogP contribution is -2.42. The molecule has 0 aliphatic heterocycles. The normalized spacial score (nSPS) is 12.5. The third-order valence-corrected chi connectivity index (χ3v) is 4.88. The van der Waals surface area contributed by atoms with Crippen molar-refractivity contribution in [1.82, 2.24) is 10.6 Å². The van der Waals surface area contributed by atoms with Crippen LogP contribution in [0.15, 0.2) is 48.5 Å². The van der Waals surface area contributed by atoms with Gasteiger partial charge in [-0.3, -0.25) is 9.59 Å². The van der Waals surface area contributed by atoms with Crippen molar-refractivity contribution in [2.24, 2.45) is 0 Å². The molecule has 3 N–H and O–H groups in total. The van der Waals surface area contributed by atoms with Gasteiger partial charge in [0.15, 0.2) is 0 Å². The van der Waals surface area contributed by atoms with Crippen LogP contribution in [0.25, 0.3) is 11.1 Å². The highest BCUT2D eigenvalue weighted by Crippen LogP contribution is 2.44. The highest BCUT2D eigenvalue weighted by molar-refractivity contribution is 5.79. The molecule has 0 saturated heterocycles. The van der Waals surface area contributed by atoms with Crippen molar-refractivity contribution in [3.05, 3.63) is 59.7 Å². The van der Waals surface area contributed by atoms with E-state index in [1.54, 1.807) is 14.2 Å². The van der Waals surface area contributed by atoms with Crippen LogP contribution < -0.4 is 10.6 Å². The standard InChI is InChI=1S/C15H12O2.C5H10N2O3.C5H12O/c16-10-17-9-15-13-7-3-1-5-11(13)12-6-2-4-8-14(12)15;1-6-2-4(5(9)10)7-3-8;1-5(2,3)6-4/h1-8,10,15H,9H2;3-4,6H,2H2,1H3,(H,7,8)(H,9,10);1-4H3/t;4-;/m.0./s1. The lowest BCUT2D eigenvalue weighted by molar-refractivity contribution is -0.140. The molecule has 0 saturated carbocycles. The Morgan fingerprint density at radius 1 is 1.06 bits per heavy atom. The molecule has 33 heavy (non-hydrogen) atoms. The summed E-state index contributed by atoms with van der Waals surface area (Å²) in [4.78, 5) is 30.4. The molecule has 1 amide bonds. The van der Waals surface area contributed by atoms with Crippen LogP contribution in [0.4, 0.5) is 0 Å². The van der Waals surface area contributed by atoms with Crippen molar-refractivity contribution in [2.75, 3.05) is 27.3 Å². The number of carbonyl (C=O) groups is 3. The maximum Gasteiger partial charge on any atom is 0.327 e. The number of carbonyl (C=O) groups excluding carboxylic acids is 2. The zero-order valence-corrected chi connectivity index (χ0v) is 19.8. The summed E-state index contributed by atoms with van der Waals surface area (Å²) in [7, 11) is 3.32. The molecule has 8 nitrogen and oxygen atoms in total. The number of fused-ring (bicyclic) bond motifs is 3. The van der Waals surface area contributed by atoms with Crippen molar-refractivity contribution in [3.8, 4) is 11.1 Å². The highest BCUT2D eigenvalue weighted by Gasteiger charge is 2.28. The Morgan fingerprint density at radius 3 is 1.91 bits per heavy atom. The Kier molecular flexibility index (Phi) is 11.8. The SMILES string of the molecule is CNC[C@H](NC=O)C(=O)O.COC(C)(C)C.O=COCC1c2ccccc2-c2ccccc21. The third-order valence-electron chi connectivity index (χ3n) is 4.88. The average molecular weight is 459 g/mol. The number of carboxylic acids is 1. The molecule has 1 aliphatic rings. The Bertz CT molecular complexity index is 849. The molecule has 0 heterocycles. The number of likely N-dealkylation sites (N-methyl/N-ethyl adjacent to an activating group) is 1. The van der Waals surface area contributed by atoms with Crippen LogP contribution in [0.5, 0.6) is 0 Å². The van der Waals surface area contributed by atoms with E-state index in [0.29, 0.717) is 19.5 Å². The molecule has 0 spiro atoms. The topological polar surface area (TPSA) is 114 Å². The van der Waals surface area contributed by atoms with Crippen LogP contribution in [0.2, 0.25) is 0 Å². The molecule has 0 unspecified atom stereocenters. The summed E-state index contributed by atoms with van der Waals surface area (Å²) in [6, 6.07) is 15.8. The summed E-state index contributed by atoms with van der Waals surface area (Å²) in [5.74, 6) is -0.867. The van der Waals surface area contributed by atoms with Crippen LogP contribution in [-0.2, 0) is 23.9 Å². The molecular formula is C25H34N2O6. The number of hydrogen-bond acceptors (Lipinski definition) is 6. The van der Waals surface area contributed by atoms with Gasteiger partial charge in [-0.15, -0.1) is 0 Å². The number of nitrogens with one attached hydrogen (secondary N) is 2. The first-order valence-corrected chi connectivity index (χ1v) is 10.6. The van der Waals surface area contributed by atoms with E-state index in [0.717, 1.165) is 0 Å². The van der Waals surface area contributed by atoms with Gasteiger partial charge in [-0.25, -0.2) is 4.79 Å². The van der Waals surface area contributed by atoms with Gasteiger partial charge in [0.1, 0.15) is 12.6 Å². The van der Waals surface area contributed by atoms with Crippen molar-refractivity contribution in [3.63, 3.8) is 0 Å². The lowest BCUT2D eigenvalue weighted by atomic mass is 9.98. The summed E-state index contributed by atoms with van der Waals surface area (Å²) in [6.07, 6.45) is 0.371. The van der Waals surface area contributed by atoms with E-state index in [1.807, 2.05) is 45.0 Å². The van der Waals surface area contributed by atoms with E-state index in [-0.39, 0.29) is 18.1 Å². The highest BCUT2D eigenvalue weighted by atomic mass is 16.5. The molecule has 1 aliphatic carbocycles. The molecule has 8 heteroatoms. The Hall–Kier alpha value is -3.23. The predicted octanol–water partition coefficient (Wildman–Crippen LogP) is 2.81. The minimum absolute atomic E-state index is 0.0417. The molecule has 0 radical (unpaired) electrons. The molecule has 2 aromatic carbocycles. The minimum Gasteiger partial charge on any atom is -0.480 e.